The van der Waals surface area contributed by atoms with Crippen LogP contribution in [0.3, 0.4) is 0 Å². The van der Waals surface area contributed by atoms with E-state index in [0.29, 0.717) is 19.4 Å². The Morgan fingerprint density at radius 3 is 1.93 bits per heavy atom. The molecule has 1 unspecified atom stereocenters. The topological polar surface area (TPSA) is 95.4 Å². The van der Waals surface area contributed by atoms with Crippen LogP contribution in [0.5, 0.6) is 0 Å². The van der Waals surface area contributed by atoms with Gasteiger partial charge in [0.05, 0.1) is 0 Å². The number of allylic oxidation sites excluding steroid dienone is 2. The van der Waals surface area contributed by atoms with Crippen molar-refractivity contribution in [3.8, 4) is 0 Å². The molecule has 170 valence electrons. The molecule has 0 aliphatic heterocycles. The van der Waals surface area contributed by atoms with Crippen molar-refractivity contribution >= 4 is 11.9 Å². The number of carbonyl (C=O) groups is 2. The van der Waals surface area contributed by atoms with Crippen LogP contribution in [0, 0.1) is 0 Å². The maximum absolute atomic E-state index is 11.7. The monoisotopic (exact) mass is 410 g/mol. The van der Waals surface area contributed by atoms with E-state index in [1.54, 1.807) is 0 Å². The number of hydrogen-bond acceptors (Lipinski definition) is 5. The zero-order valence-corrected chi connectivity index (χ0v) is 18.8. The molecule has 0 fully saturated rings. The minimum Gasteiger partial charge on any atom is -0.392 e. The Kier molecular flexibility index (Phi) is 20.6. The number of carbonyl (C=O) groups excluding carboxylic acids is 2. The van der Waals surface area contributed by atoms with E-state index in [-0.39, 0.29) is 0 Å². The lowest BCUT2D eigenvalue weighted by atomic mass is 10.1. The van der Waals surface area contributed by atoms with E-state index in [1.165, 1.54) is 57.8 Å². The molecule has 0 saturated heterocycles. The average molecular weight is 411 g/mol. The molecule has 0 rings (SSSR count). The van der Waals surface area contributed by atoms with Crippen LogP contribution in [0.1, 0.15) is 116 Å². The SMILES string of the molecule is CCCCCCCC/C=C\CCCCCCCC(=O)OC(=O)C(N)CCCCN. The van der Waals surface area contributed by atoms with Gasteiger partial charge in [-0.3, -0.25) is 4.79 Å². The van der Waals surface area contributed by atoms with Crippen molar-refractivity contribution in [1.82, 2.24) is 0 Å². The Balaban J connectivity index is 3.43. The van der Waals surface area contributed by atoms with Gasteiger partial charge in [0.2, 0.25) is 0 Å². The van der Waals surface area contributed by atoms with Crippen molar-refractivity contribution in [2.24, 2.45) is 11.5 Å². The lowest BCUT2D eigenvalue weighted by molar-refractivity contribution is -0.160. The van der Waals surface area contributed by atoms with Crippen LogP contribution in [-0.4, -0.2) is 24.5 Å². The zero-order valence-electron chi connectivity index (χ0n) is 18.8. The second-order valence-corrected chi connectivity index (χ2v) is 8.02. The van der Waals surface area contributed by atoms with E-state index in [2.05, 4.69) is 19.1 Å². The number of esters is 2. The molecule has 0 spiro atoms. The summed E-state index contributed by atoms with van der Waals surface area (Å²) in [5.74, 6) is -1.07. The maximum Gasteiger partial charge on any atom is 0.330 e. The molecule has 1 atom stereocenters. The summed E-state index contributed by atoms with van der Waals surface area (Å²) in [6, 6.07) is -0.723. The summed E-state index contributed by atoms with van der Waals surface area (Å²) in [6.07, 6.45) is 22.8. The minimum atomic E-state index is -0.723. The number of ether oxygens (including phenoxy) is 1. The van der Waals surface area contributed by atoms with E-state index >= 15 is 0 Å². The molecule has 0 aromatic heterocycles. The first-order valence-electron chi connectivity index (χ1n) is 12.0. The van der Waals surface area contributed by atoms with Crippen molar-refractivity contribution in [1.29, 1.82) is 0 Å². The van der Waals surface area contributed by atoms with E-state index in [9.17, 15) is 9.59 Å². The third-order valence-corrected chi connectivity index (χ3v) is 5.13. The molecule has 0 aliphatic carbocycles. The summed E-state index contributed by atoms with van der Waals surface area (Å²) in [5, 5.41) is 0. The molecular weight excluding hydrogens is 364 g/mol. The Bertz CT molecular complexity index is 424. The van der Waals surface area contributed by atoms with E-state index in [1.807, 2.05) is 0 Å². The molecule has 0 aromatic carbocycles. The van der Waals surface area contributed by atoms with Crippen LogP contribution in [0.15, 0.2) is 12.2 Å². The molecule has 5 nitrogen and oxygen atoms in total. The fourth-order valence-electron chi connectivity index (χ4n) is 3.21. The predicted molar refractivity (Wildman–Crippen MR) is 121 cm³/mol. The van der Waals surface area contributed by atoms with Crippen molar-refractivity contribution in [3.63, 3.8) is 0 Å². The lowest BCUT2D eigenvalue weighted by Crippen LogP contribution is -2.33. The van der Waals surface area contributed by atoms with Gasteiger partial charge in [0, 0.05) is 6.42 Å². The molecule has 0 aliphatic rings. The van der Waals surface area contributed by atoms with Gasteiger partial charge in [0.25, 0.3) is 0 Å². The molecule has 0 heterocycles. The first-order valence-corrected chi connectivity index (χ1v) is 12.0. The molecule has 29 heavy (non-hydrogen) atoms. The fraction of sp³-hybridized carbons (Fsp3) is 0.833. The van der Waals surface area contributed by atoms with Crippen LogP contribution >= 0.6 is 0 Å². The predicted octanol–water partition coefficient (Wildman–Crippen LogP) is 5.55. The molecular formula is C24H46N2O3. The summed E-state index contributed by atoms with van der Waals surface area (Å²) < 4.78 is 4.82. The minimum absolute atomic E-state index is 0.291. The summed E-state index contributed by atoms with van der Waals surface area (Å²) >= 11 is 0. The molecule has 5 heteroatoms. The Labute approximate surface area is 179 Å². The summed E-state index contributed by atoms with van der Waals surface area (Å²) in [5.41, 5.74) is 11.1. The lowest BCUT2D eigenvalue weighted by Gasteiger charge is -2.09. The zero-order chi connectivity index (χ0) is 21.6. The molecule has 0 saturated carbocycles. The van der Waals surface area contributed by atoms with Gasteiger partial charge in [0.15, 0.2) is 0 Å². The van der Waals surface area contributed by atoms with Crippen LogP contribution < -0.4 is 11.5 Å². The molecule has 4 N–H and O–H groups in total. The number of hydrogen-bond donors (Lipinski definition) is 2. The van der Waals surface area contributed by atoms with Crippen molar-refractivity contribution in [2.75, 3.05) is 6.54 Å². The maximum atomic E-state index is 11.7. The second kappa shape index (κ2) is 21.5. The first kappa shape index (κ1) is 27.8. The highest BCUT2D eigenvalue weighted by Crippen LogP contribution is 2.10. The van der Waals surface area contributed by atoms with Crippen LogP contribution in [0.4, 0.5) is 0 Å². The summed E-state index contributed by atoms with van der Waals surface area (Å²) in [4.78, 5) is 23.4. The first-order chi connectivity index (χ1) is 14.1. The second-order valence-electron chi connectivity index (χ2n) is 8.02. The van der Waals surface area contributed by atoms with E-state index in [0.717, 1.165) is 38.5 Å². The van der Waals surface area contributed by atoms with Gasteiger partial charge in [-0.1, -0.05) is 76.9 Å². The van der Waals surface area contributed by atoms with Gasteiger partial charge in [-0.25, -0.2) is 4.79 Å². The highest BCUT2D eigenvalue weighted by molar-refractivity contribution is 5.88. The number of unbranched alkanes of at least 4 members (excludes halogenated alkanes) is 12. The number of rotatable bonds is 20. The largest absolute Gasteiger partial charge is 0.392 e. The highest BCUT2D eigenvalue weighted by Gasteiger charge is 2.18. The molecule has 0 aromatic rings. The van der Waals surface area contributed by atoms with Crippen LogP contribution in [0.2, 0.25) is 0 Å². The molecule has 0 radical (unpaired) electrons. The van der Waals surface area contributed by atoms with Gasteiger partial charge in [-0.15, -0.1) is 0 Å². The smallest absolute Gasteiger partial charge is 0.330 e. The van der Waals surface area contributed by atoms with E-state index < -0.39 is 18.0 Å². The third-order valence-electron chi connectivity index (χ3n) is 5.13. The van der Waals surface area contributed by atoms with Gasteiger partial charge >= 0.3 is 11.9 Å². The van der Waals surface area contributed by atoms with Crippen molar-refractivity contribution < 1.29 is 14.3 Å². The Morgan fingerprint density at radius 2 is 1.34 bits per heavy atom. The Morgan fingerprint density at radius 1 is 0.793 bits per heavy atom. The summed E-state index contributed by atoms with van der Waals surface area (Å²) in [6.45, 7) is 2.83. The van der Waals surface area contributed by atoms with E-state index in [4.69, 9.17) is 16.2 Å². The molecule has 0 bridgehead atoms. The fourth-order valence-corrected chi connectivity index (χ4v) is 3.21. The average Bonchev–Trinajstić information content (AvgIpc) is 2.70. The Hall–Kier alpha value is -1.20. The van der Waals surface area contributed by atoms with Gasteiger partial charge in [-0.05, 0) is 51.5 Å². The van der Waals surface area contributed by atoms with Gasteiger partial charge in [0.1, 0.15) is 6.04 Å². The van der Waals surface area contributed by atoms with Crippen molar-refractivity contribution in [2.45, 2.75) is 122 Å². The summed E-state index contributed by atoms with van der Waals surface area (Å²) in [7, 11) is 0. The van der Waals surface area contributed by atoms with Gasteiger partial charge in [-0.2, -0.15) is 0 Å². The highest BCUT2D eigenvalue weighted by atomic mass is 16.6. The van der Waals surface area contributed by atoms with Crippen LogP contribution in [-0.2, 0) is 14.3 Å². The third kappa shape index (κ3) is 19.9. The quantitative estimate of drug-likeness (QED) is 0.119. The van der Waals surface area contributed by atoms with Crippen LogP contribution in [0.25, 0.3) is 0 Å². The number of nitrogens with two attached hydrogens (primary N) is 2. The van der Waals surface area contributed by atoms with Crippen molar-refractivity contribution in [3.05, 3.63) is 12.2 Å². The molecule has 0 amide bonds. The normalized spacial score (nSPS) is 12.4. The van der Waals surface area contributed by atoms with Gasteiger partial charge < -0.3 is 16.2 Å². The standard InChI is InChI=1S/C24H46N2O3/c1-2-3-4-5-6-7-8-9-10-11-12-13-14-15-16-20-23(27)29-24(28)22(26)19-17-18-21-25/h9-10,22H,2-8,11-21,25-26H2,1H3/b10-9-.